The Hall–Kier alpha value is -7.15. The molecule has 2 atom stereocenters. The van der Waals surface area contributed by atoms with E-state index in [0.29, 0.717) is 35.0 Å². The van der Waals surface area contributed by atoms with Crippen molar-refractivity contribution in [1.29, 1.82) is 0 Å². The summed E-state index contributed by atoms with van der Waals surface area (Å²) in [5, 5.41) is 5.04. The summed E-state index contributed by atoms with van der Waals surface area (Å²) in [7, 11) is 1.04. The lowest BCUT2D eigenvalue weighted by atomic mass is 10.0. The van der Waals surface area contributed by atoms with Crippen molar-refractivity contribution in [2.24, 2.45) is 0 Å². The molecule has 5 aromatic carbocycles. The number of fused-ring (bicyclic) bond motifs is 1. The molecule has 0 spiro atoms. The monoisotopic (exact) mass is 890 g/mol. The average Bonchev–Trinajstić information content (AvgIpc) is 3.45. The summed E-state index contributed by atoms with van der Waals surface area (Å²) in [6.45, 7) is -1.80. The van der Waals surface area contributed by atoms with Crippen molar-refractivity contribution in [2.75, 3.05) is 59.8 Å². The highest BCUT2D eigenvalue weighted by molar-refractivity contribution is 7.94. The van der Waals surface area contributed by atoms with Gasteiger partial charge in [0, 0.05) is 50.4 Å². The molecular formula is C44H42F4N6O8S. The van der Waals surface area contributed by atoms with E-state index in [9.17, 15) is 45.2 Å². The Kier molecular flexibility index (Phi) is 13.9. The number of hydrogen-bond acceptors (Lipinski definition) is 8. The molecule has 0 unspecified atom stereocenters. The quantitative estimate of drug-likeness (QED) is 0.132. The zero-order valence-corrected chi connectivity index (χ0v) is 35.2. The Labute approximate surface area is 360 Å². The molecule has 0 saturated heterocycles. The molecule has 0 radical (unpaired) electrons. The van der Waals surface area contributed by atoms with Gasteiger partial charge < -0.3 is 29.9 Å². The largest absolute Gasteiger partial charge is 0.497 e. The van der Waals surface area contributed by atoms with Gasteiger partial charge in [-0.1, -0.05) is 12.1 Å². The molecule has 4 amide bonds. The van der Waals surface area contributed by atoms with E-state index >= 15 is 0 Å². The number of benzene rings is 5. The maximum absolute atomic E-state index is 14.2. The summed E-state index contributed by atoms with van der Waals surface area (Å²) < 4.78 is 97.2. The molecule has 0 bridgehead atoms. The first-order chi connectivity index (χ1) is 30.0. The number of para-hydroxylation sites is 2. The van der Waals surface area contributed by atoms with E-state index in [1.165, 1.54) is 62.4 Å². The molecule has 0 aliphatic carbocycles. The predicted octanol–water partition coefficient (Wildman–Crippen LogP) is 4.91. The minimum atomic E-state index is -4.73. The number of nitrogens with one attached hydrogen (secondary N) is 2. The van der Waals surface area contributed by atoms with Crippen LogP contribution in [0.25, 0.3) is 0 Å². The number of carbonyl (C=O) groups is 4. The molecule has 0 aromatic heterocycles. The van der Waals surface area contributed by atoms with Crippen LogP contribution in [0.2, 0.25) is 0 Å². The topological polar surface area (TPSA) is 158 Å². The van der Waals surface area contributed by atoms with Crippen LogP contribution in [0, 0.1) is 23.3 Å². The molecule has 330 valence electrons. The number of hydrogen-bond donors (Lipinski definition) is 2. The molecule has 1 aliphatic heterocycles. The van der Waals surface area contributed by atoms with Gasteiger partial charge in [0.1, 0.15) is 59.9 Å². The summed E-state index contributed by atoms with van der Waals surface area (Å²) in [5.41, 5.74) is 0.811. The summed E-state index contributed by atoms with van der Waals surface area (Å²) in [4.78, 5) is 57.9. The first-order valence-corrected chi connectivity index (χ1v) is 20.6. The molecular weight excluding hydrogens is 849 g/mol. The maximum atomic E-state index is 14.2. The van der Waals surface area contributed by atoms with Crippen LogP contribution in [0.1, 0.15) is 11.1 Å². The zero-order valence-electron chi connectivity index (χ0n) is 34.4. The number of likely N-dealkylation sites (N-methyl/N-ethyl adjacent to an activating group) is 2. The summed E-state index contributed by atoms with van der Waals surface area (Å²) >= 11 is 0. The molecule has 6 rings (SSSR count). The van der Waals surface area contributed by atoms with Crippen LogP contribution < -0.4 is 38.5 Å². The third kappa shape index (κ3) is 10.7. The molecule has 1 heterocycles. The number of methoxy groups -OCH3 is 2. The Morgan fingerprint density at radius 1 is 0.571 bits per heavy atom. The van der Waals surface area contributed by atoms with Gasteiger partial charge in [-0.15, -0.1) is 0 Å². The number of carbonyl (C=O) groups excluding carboxylic acids is 4. The van der Waals surface area contributed by atoms with Gasteiger partial charge in [-0.3, -0.25) is 19.2 Å². The molecule has 63 heavy (non-hydrogen) atoms. The lowest BCUT2D eigenvalue weighted by molar-refractivity contribution is -0.126. The van der Waals surface area contributed by atoms with Crippen LogP contribution in [0.15, 0.2) is 109 Å². The maximum Gasteiger partial charge on any atom is 0.327 e. The third-order valence-corrected chi connectivity index (χ3v) is 11.9. The molecule has 0 saturated carbocycles. The highest BCUT2D eigenvalue weighted by Crippen LogP contribution is 2.40. The first-order valence-electron chi connectivity index (χ1n) is 19.2. The molecule has 14 nitrogen and oxygen atoms in total. The molecule has 0 fully saturated rings. The van der Waals surface area contributed by atoms with Crippen LogP contribution in [0.5, 0.6) is 11.5 Å². The van der Waals surface area contributed by atoms with Gasteiger partial charge >= 0.3 is 10.2 Å². The Morgan fingerprint density at radius 3 is 1.22 bits per heavy atom. The molecule has 19 heteroatoms. The lowest BCUT2D eigenvalue weighted by Crippen LogP contribution is -2.53. The van der Waals surface area contributed by atoms with Gasteiger partial charge in [-0.05, 0) is 96.1 Å². The number of anilines is 4. The van der Waals surface area contributed by atoms with Crippen molar-refractivity contribution in [3.8, 4) is 11.5 Å². The summed E-state index contributed by atoms with van der Waals surface area (Å²) in [6.07, 6.45) is -0.767. The lowest BCUT2D eigenvalue weighted by Gasteiger charge is -2.27. The van der Waals surface area contributed by atoms with Gasteiger partial charge in [0.15, 0.2) is 0 Å². The van der Waals surface area contributed by atoms with Crippen LogP contribution in [-0.4, -0.2) is 85.5 Å². The van der Waals surface area contributed by atoms with Crippen molar-refractivity contribution in [1.82, 2.24) is 10.6 Å². The highest BCUT2D eigenvalue weighted by Gasteiger charge is 2.43. The fraction of sp³-hybridized carbons (Fsp3) is 0.227. The average molecular weight is 891 g/mol. The van der Waals surface area contributed by atoms with E-state index in [1.54, 1.807) is 48.5 Å². The minimum Gasteiger partial charge on any atom is -0.497 e. The second-order valence-corrected chi connectivity index (χ2v) is 16.2. The van der Waals surface area contributed by atoms with E-state index in [2.05, 4.69) is 10.6 Å². The zero-order chi connectivity index (χ0) is 45.6. The molecule has 2 N–H and O–H groups in total. The summed E-state index contributed by atoms with van der Waals surface area (Å²) in [6, 6.07) is 20.9. The second-order valence-electron chi connectivity index (χ2n) is 14.4. The van der Waals surface area contributed by atoms with E-state index in [0.717, 1.165) is 32.9 Å². The standard InChI is InChI=1S/C44H42F4N6O8S/c1-51(33-9-13-35(61-3)14-10-33)43(57)37(21-27-17-29(45)23-30(46)18-27)49-41(55)25-53-39-7-5-6-8-40(39)54(63(53,59)60)26-42(56)50-38(22-28-19-31(47)24-32(48)20-28)44(58)52(2)34-11-15-36(62-4)16-12-34/h5-20,23-24,37-38H,21-22,25-26H2,1-4H3,(H,49,55)(H,50,56)/t37-,38-/m0/s1. The third-order valence-electron chi connectivity index (χ3n) is 10.1. The van der Waals surface area contributed by atoms with Crippen molar-refractivity contribution in [3.05, 3.63) is 144 Å². The van der Waals surface area contributed by atoms with Crippen molar-refractivity contribution in [2.45, 2.75) is 24.9 Å². The predicted molar refractivity (Wildman–Crippen MR) is 227 cm³/mol. The van der Waals surface area contributed by atoms with Gasteiger partial charge in [0.25, 0.3) is 0 Å². The van der Waals surface area contributed by atoms with Crippen LogP contribution in [0.3, 0.4) is 0 Å². The number of halogens is 4. The van der Waals surface area contributed by atoms with E-state index < -0.39 is 82.3 Å². The minimum absolute atomic E-state index is 0.00650. The van der Waals surface area contributed by atoms with Gasteiger partial charge in [-0.2, -0.15) is 8.42 Å². The number of amides is 4. The number of nitrogens with zero attached hydrogens (tertiary/aromatic N) is 4. The molecule has 5 aromatic rings. The van der Waals surface area contributed by atoms with Crippen LogP contribution in [0.4, 0.5) is 40.3 Å². The van der Waals surface area contributed by atoms with Crippen LogP contribution in [-0.2, 0) is 42.2 Å². The smallest absolute Gasteiger partial charge is 0.327 e. The van der Waals surface area contributed by atoms with Gasteiger partial charge in [-0.25, -0.2) is 26.2 Å². The van der Waals surface area contributed by atoms with Crippen molar-refractivity contribution in [3.63, 3.8) is 0 Å². The van der Waals surface area contributed by atoms with E-state index in [-0.39, 0.29) is 35.3 Å². The van der Waals surface area contributed by atoms with Gasteiger partial charge in [0.2, 0.25) is 23.6 Å². The van der Waals surface area contributed by atoms with Gasteiger partial charge in [0.05, 0.1) is 25.6 Å². The molecule has 1 aliphatic rings. The second kappa shape index (κ2) is 19.3. The number of rotatable bonds is 16. The van der Waals surface area contributed by atoms with E-state index in [4.69, 9.17) is 9.47 Å². The fourth-order valence-corrected chi connectivity index (χ4v) is 8.60. The number of ether oxygens (including phenoxy) is 2. The fourth-order valence-electron chi connectivity index (χ4n) is 6.99. The first kappa shape index (κ1) is 45.4. The Balaban J connectivity index is 1.23. The van der Waals surface area contributed by atoms with Crippen molar-refractivity contribution < 1.29 is 54.6 Å². The summed E-state index contributed by atoms with van der Waals surface area (Å²) in [5.74, 6) is -6.03. The van der Waals surface area contributed by atoms with Crippen molar-refractivity contribution >= 4 is 56.6 Å². The Morgan fingerprint density at radius 2 is 0.905 bits per heavy atom. The SMILES string of the molecule is COc1ccc(N(C)C(=O)[C@H](Cc2cc(F)cc(F)c2)NC(=O)CN2c3ccccc3N(CC(=O)N[C@@H](Cc3cc(F)cc(F)c3)C(=O)N(C)c3ccc(OC)cc3)S2(=O)=O)cc1. The highest BCUT2D eigenvalue weighted by atomic mass is 32.2. The van der Waals surface area contributed by atoms with E-state index in [1.807, 2.05) is 0 Å². The normalized spacial score (nSPS) is 13.7. The van der Waals surface area contributed by atoms with Crippen LogP contribution >= 0.6 is 0 Å². The Bertz CT molecular complexity index is 2410.